The van der Waals surface area contributed by atoms with Crippen LogP contribution in [0.4, 0.5) is 0 Å². The van der Waals surface area contributed by atoms with Gasteiger partial charge in [-0.1, -0.05) is 9.13 Å². The van der Waals surface area contributed by atoms with Crippen LogP contribution in [0.3, 0.4) is 0 Å². The lowest BCUT2D eigenvalue weighted by Crippen LogP contribution is -2.40. The van der Waals surface area contributed by atoms with Crippen molar-refractivity contribution >= 4 is 39.4 Å². The van der Waals surface area contributed by atoms with E-state index in [1.165, 1.54) is 34.1 Å². The molecule has 0 aliphatic rings. The van der Waals surface area contributed by atoms with Crippen molar-refractivity contribution in [1.29, 1.82) is 0 Å². The van der Waals surface area contributed by atoms with Crippen LogP contribution in [-0.2, 0) is 37.8 Å². The van der Waals surface area contributed by atoms with E-state index in [0.29, 0.717) is 0 Å². The third-order valence-electron chi connectivity index (χ3n) is 3.06. The maximum absolute atomic E-state index is 11.2. The summed E-state index contributed by atoms with van der Waals surface area (Å²) in [4.78, 5) is 43.7. The first-order chi connectivity index (χ1) is 14.0. The van der Waals surface area contributed by atoms with E-state index in [4.69, 9.17) is 10.2 Å². The summed E-state index contributed by atoms with van der Waals surface area (Å²) in [6.45, 7) is 2.52. The van der Waals surface area contributed by atoms with E-state index in [2.05, 4.69) is 20.1 Å². The Morgan fingerprint density at radius 2 is 1.53 bits per heavy atom. The molecule has 14 heteroatoms. The number of nitrogens with one attached hydrogen (secondary N) is 2. The molecule has 170 valence electrons. The Labute approximate surface area is 176 Å². The van der Waals surface area contributed by atoms with Gasteiger partial charge in [-0.15, -0.1) is 0 Å². The number of hydrogen-bond donors (Lipinski definition) is 4. The van der Waals surface area contributed by atoms with E-state index in [0.717, 1.165) is 0 Å². The average molecular weight is 470 g/mol. The number of carbonyl (C=O) groups is 4. The van der Waals surface area contributed by atoms with Crippen LogP contribution < -0.4 is 10.6 Å². The maximum Gasteiger partial charge on any atom is 0.370 e. The third kappa shape index (κ3) is 15.6. The Morgan fingerprint density at radius 3 is 1.93 bits per heavy atom. The highest BCUT2D eigenvalue weighted by atomic mass is 31.1. The molecule has 2 amide bonds. The molecule has 0 aromatic heterocycles. The molecule has 0 saturated carbocycles. The number of esters is 2. The molecule has 2 unspecified atom stereocenters. The third-order valence-corrected chi connectivity index (χ3v) is 5.04. The van der Waals surface area contributed by atoms with E-state index >= 15 is 0 Å². The van der Waals surface area contributed by atoms with Gasteiger partial charge < -0.3 is 30.3 Å². The average Bonchev–Trinajstić information content (AvgIpc) is 2.71. The molecule has 0 saturated heterocycles. The summed E-state index contributed by atoms with van der Waals surface area (Å²) >= 11 is 0. The zero-order chi connectivity index (χ0) is 23.7. The molecule has 0 aromatic rings. The minimum Gasteiger partial charge on any atom is -0.467 e. The number of amides is 2. The first kappa shape index (κ1) is 29.9. The first-order valence-electron chi connectivity index (χ1n) is 8.49. The molecule has 0 rings (SSSR count). The smallest absolute Gasteiger partial charge is 0.370 e. The molecule has 30 heavy (non-hydrogen) atoms. The van der Waals surface area contributed by atoms with Gasteiger partial charge in [0.1, 0.15) is 11.7 Å². The summed E-state index contributed by atoms with van der Waals surface area (Å²) in [6.07, 6.45) is 0.774. The zero-order valence-corrected chi connectivity index (χ0v) is 19.0. The highest BCUT2D eigenvalue weighted by Crippen LogP contribution is 2.20. The molecule has 0 aliphatic carbocycles. The lowest BCUT2D eigenvalue weighted by molar-refractivity contribution is -0.144. The molecular weight excluding hydrogens is 442 g/mol. The summed E-state index contributed by atoms with van der Waals surface area (Å²) in [5, 5.41) is 21.7. The molecule has 0 aromatic carbocycles. The van der Waals surface area contributed by atoms with Gasteiger partial charge in [0.15, 0.2) is 12.3 Å². The monoisotopic (exact) mass is 470 g/mol. The van der Waals surface area contributed by atoms with Gasteiger partial charge in [0, 0.05) is 20.3 Å². The molecule has 3 atom stereocenters. The molecule has 0 spiro atoms. The molecule has 0 heterocycles. The molecule has 0 bridgehead atoms. The van der Waals surface area contributed by atoms with Crippen molar-refractivity contribution in [3.63, 3.8) is 0 Å². The van der Waals surface area contributed by atoms with Gasteiger partial charge in [-0.25, -0.2) is 9.59 Å². The fourth-order valence-corrected chi connectivity index (χ4v) is 2.91. The van der Waals surface area contributed by atoms with Crippen molar-refractivity contribution < 1.29 is 48.0 Å². The van der Waals surface area contributed by atoms with Crippen molar-refractivity contribution in [1.82, 2.24) is 10.6 Å². The van der Waals surface area contributed by atoms with Gasteiger partial charge in [-0.05, 0) is 6.08 Å². The quantitative estimate of drug-likeness (QED) is 0.179. The number of allylic oxidation sites excluding steroid dienone is 1. The summed E-state index contributed by atoms with van der Waals surface area (Å²) in [5.41, 5.74) is -0.0678. The minimum atomic E-state index is -1.80. The Bertz CT molecular complexity index is 666. The molecule has 0 aliphatic heterocycles. The summed E-state index contributed by atoms with van der Waals surface area (Å²) in [7, 11) is -1.13. The fraction of sp³-hybridized carbons (Fsp3) is 0.625. The topological polar surface area (TPSA) is 185 Å². The predicted octanol–water partition coefficient (Wildman–Crippen LogP) is -0.212. The molecule has 12 nitrogen and oxygen atoms in total. The van der Waals surface area contributed by atoms with Crippen LogP contribution >= 0.6 is 15.6 Å². The van der Waals surface area contributed by atoms with Gasteiger partial charge in [0.25, 0.3) is 0 Å². The maximum atomic E-state index is 11.2. The fourth-order valence-electron chi connectivity index (χ4n) is 1.72. The van der Waals surface area contributed by atoms with Gasteiger partial charge in [0.05, 0.1) is 14.2 Å². The van der Waals surface area contributed by atoms with Crippen LogP contribution in [0.5, 0.6) is 0 Å². The highest BCUT2D eigenvalue weighted by Gasteiger charge is 2.24. The van der Waals surface area contributed by atoms with Gasteiger partial charge in [-0.2, -0.15) is 0 Å². The number of hydrogen-bond acceptors (Lipinski definition) is 10. The summed E-state index contributed by atoms with van der Waals surface area (Å²) < 4.78 is 30.7. The van der Waals surface area contributed by atoms with Gasteiger partial charge >= 0.3 is 27.5 Å². The second kappa shape index (κ2) is 17.6. The number of ether oxygens (including phenoxy) is 2. The summed E-state index contributed by atoms with van der Waals surface area (Å²) in [6, 6.07) is -0.794. The van der Waals surface area contributed by atoms with Crippen LogP contribution in [-0.4, -0.2) is 79.2 Å². The normalized spacial score (nSPS) is 12.4. The number of rotatable bonds is 11. The molecular formula is C16H28N2O10P2+2. The van der Waals surface area contributed by atoms with Crippen LogP contribution in [0.25, 0.3) is 0 Å². The summed E-state index contributed by atoms with van der Waals surface area (Å²) in [5.74, 6) is -2.08. The molecule has 4 N–H and O–H groups in total. The zero-order valence-electron chi connectivity index (χ0n) is 17.2. The van der Waals surface area contributed by atoms with Gasteiger partial charge in [0.2, 0.25) is 24.5 Å². The van der Waals surface area contributed by atoms with Crippen molar-refractivity contribution in [3.05, 3.63) is 11.8 Å². The van der Waals surface area contributed by atoms with Gasteiger partial charge in [-0.3, -0.25) is 9.59 Å². The second-order valence-corrected chi connectivity index (χ2v) is 8.81. The number of aliphatic hydroxyl groups excluding tert-OH is 2. The minimum absolute atomic E-state index is 0.0105. The van der Waals surface area contributed by atoms with E-state index < -0.39 is 52.2 Å². The highest BCUT2D eigenvalue weighted by molar-refractivity contribution is 7.44. The predicted molar refractivity (Wildman–Crippen MR) is 107 cm³/mol. The lowest BCUT2D eigenvalue weighted by Gasteiger charge is -2.12. The number of carbonyl (C=O) groups excluding carboxylic acids is 4. The number of aliphatic hydroxyl groups is 2. The van der Waals surface area contributed by atoms with Crippen molar-refractivity contribution in [2.45, 2.75) is 26.3 Å². The number of methoxy groups -OCH3 is 2. The van der Waals surface area contributed by atoms with E-state index in [9.17, 15) is 28.3 Å². The van der Waals surface area contributed by atoms with Crippen molar-refractivity contribution in [2.75, 3.05) is 39.2 Å². The van der Waals surface area contributed by atoms with E-state index in [1.807, 2.05) is 0 Å². The molecule has 0 radical (unpaired) electrons. The lowest BCUT2D eigenvalue weighted by atomic mass is 10.2. The van der Waals surface area contributed by atoms with E-state index in [1.54, 1.807) is 0 Å². The van der Waals surface area contributed by atoms with E-state index in [-0.39, 0.29) is 30.3 Å². The van der Waals surface area contributed by atoms with Crippen LogP contribution in [0.1, 0.15) is 20.3 Å². The Hall–Kier alpha value is -2.26. The molecule has 0 fully saturated rings. The Balaban J connectivity index is 0. The Kier molecular flexibility index (Phi) is 17.5. The first-order valence-corrected chi connectivity index (χ1v) is 11.7. The van der Waals surface area contributed by atoms with Crippen LogP contribution in [0.15, 0.2) is 11.8 Å². The Morgan fingerprint density at radius 1 is 0.967 bits per heavy atom. The standard InChI is InChI=1S/C8H14NO5P.C8H12NO5P/c2*1-6(11)9-7(8(12)14-2)3-4-15(13)5-10/h7,10H,3-5H2,1-2H3;3,10H,4-5H2,1-2H3/p+2/b;7-3-/t7-;/m0./s1. The largest absolute Gasteiger partial charge is 0.467 e. The second-order valence-electron chi connectivity index (χ2n) is 5.51. The van der Waals surface area contributed by atoms with Crippen molar-refractivity contribution in [3.8, 4) is 0 Å². The van der Waals surface area contributed by atoms with Crippen LogP contribution in [0.2, 0.25) is 0 Å². The van der Waals surface area contributed by atoms with Crippen molar-refractivity contribution in [2.24, 2.45) is 0 Å². The SMILES string of the molecule is COC(=O)/C(=C/C[P+](=O)CO)NC(C)=O.COC(=O)[C@H](CC[P+](=O)CO)NC(C)=O. The van der Waals surface area contributed by atoms with Crippen LogP contribution in [0, 0.1) is 0 Å².